The third kappa shape index (κ3) is 4.77. The number of halogens is 2. The van der Waals surface area contributed by atoms with Gasteiger partial charge in [-0.2, -0.15) is 0 Å². The van der Waals surface area contributed by atoms with E-state index in [1.54, 1.807) is 0 Å². The Bertz CT molecular complexity index is 947. The van der Waals surface area contributed by atoms with Crippen LogP contribution in [0.2, 0.25) is 0 Å². The maximum atomic E-state index is 13.2. The highest BCUT2D eigenvalue weighted by Crippen LogP contribution is 2.19. The van der Waals surface area contributed by atoms with E-state index in [2.05, 4.69) is 15.0 Å². The molecule has 27 heavy (non-hydrogen) atoms. The lowest BCUT2D eigenvalue weighted by Crippen LogP contribution is -2.33. The zero-order valence-electron chi connectivity index (χ0n) is 14.1. The molecule has 7 nitrogen and oxygen atoms in total. The van der Waals surface area contributed by atoms with Crippen molar-refractivity contribution in [2.24, 2.45) is 0 Å². The summed E-state index contributed by atoms with van der Waals surface area (Å²) < 4.78 is 58.6. The molecule has 0 saturated carbocycles. The number of rotatable bonds is 5. The topological polar surface area (TPSA) is 97.4 Å². The molecule has 1 aromatic heterocycles. The summed E-state index contributed by atoms with van der Waals surface area (Å²) >= 11 is 0. The molecular weight excluding hydrogens is 380 g/mol. The Morgan fingerprint density at radius 1 is 1.11 bits per heavy atom. The zero-order chi connectivity index (χ0) is 19.4. The maximum Gasteiger partial charge on any atom is 0.255 e. The minimum atomic E-state index is -3.66. The molecule has 0 radical (unpaired) electrons. The monoisotopic (exact) mass is 397 g/mol. The van der Waals surface area contributed by atoms with E-state index in [1.807, 2.05) is 0 Å². The van der Waals surface area contributed by atoms with Gasteiger partial charge in [0.25, 0.3) is 5.91 Å². The standard InChI is InChI=1S/C17H17F2N3O4S/c18-14-2-1-12(10-15(14)19)21-17(23)11-3-6-20-16(9-11)22-27(24,25)13-4-7-26-8-5-13/h1-3,6,9-10,13H,4-5,7-8H2,(H,20,22)(H,21,23). The van der Waals surface area contributed by atoms with Gasteiger partial charge in [0, 0.05) is 36.7 Å². The molecule has 1 fully saturated rings. The third-order valence-corrected chi connectivity index (χ3v) is 5.90. The summed E-state index contributed by atoms with van der Waals surface area (Å²) in [6.07, 6.45) is 2.04. The molecule has 0 bridgehead atoms. The van der Waals surface area contributed by atoms with E-state index in [1.165, 1.54) is 24.4 Å². The molecule has 144 valence electrons. The van der Waals surface area contributed by atoms with Crippen molar-refractivity contribution in [3.05, 3.63) is 53.7 Å². The quantitative estimate of drug-likeness (QED) is 0.808. The molecule has 1 amide bonds. The molecule has 0 atom stereocenters. The minimum Gasteiger partial charge on any atom is -0.381 e. The van der Waals surface area contributed by atoms with E-state index < -0.39 is 32.8 Å². The Kier molecular flexibility index (Phi) is 5.66. The number of carbonyl (C=O) groups excluding carboxylic acids is 1. The molecule has 0 spiro atoms. The number of nitrogens with one attached hydrogen (secondary N) is 2. The van der Waals surface area contributed by atoms with E-state index in [-0.39, 0.29) is 17.1 Å². The van der Waals surface area contributed by atoms with Crippen molar-refractivity contribution in [1.29, 1.82) is 0 Å². The van der Waals surface area contributed by atoms with Gasteiger partial charge in [0.2, 0.25) is 10.0 Å². The van der Waals surface area contributed by atoms with Crippen LogP contribution in [0.15, 0.2) is 36.5 Å². The van der Waals surface area contributed by atoms with Gasteiger partial charge in [-0.15, -0.1) is 0 Å². The van der Waals surface area contributed by atoms with Crippen molar-refractivity contribution in [3.63, 3.8) is 0 Å². The summed E-state index contributed by atoms with van der Waals surface area (Å²) in [5.41, 5.74) is 0.180. The van der Waals surface area contributed by atoms with Gasteiger partial charge in [0.05, 0.1) is 5.25 Å². The number of sulfonamides is 1. The van der Waals surface area contributed by atoms with Gasteiger partial charge in [-0.1, -0.05) is 0 Å². The molecule has 2 N–H and O–H groups in total. The number of amides is 1. The van der Waals surface area contributed by atoms with Crippen LogP contribution in [0.3, 0.4) is 0 Å². The van der Waals surface area contributed by atoms with Crippen LogP contribution in [-0.2, 0) is 14.8 Å². The molecule has 1 aliphatic rings. The van der Waals surface area contributed by atoms with Gasteiger partial charge in [-0.05, 0) is 37.1 Å². The predicted molar refractivity (Wildman–Crippen MR) is 94.9 cm³/mol. The number of aromatic nitrogens is 1. The van der Waals surface area contributed by atoms with Crippen molar-refractivity contribution < 1.29 is 26.7 Å². The molecule has 2 heterocycles. The largest absolute Gasteiger partial charge is 0.381 e. The summed E-state index contributed by atoms with van der Waals surface area (Å²) in [5.74, 6) is -2.73. The van der Waals surface area contributed by atoms with E-state index in [0.717, 1.165) is 12.1 Å². The smallest absolute Gasteiger partial charge is 0.255 e. The second-order valence-corrected chi connectivity index (χ2v) is 7.93. The number of pyridine rings is 1. The lowest BCUT2D eigenvalue weighted by molar-refractivity contribution is 0.0984. The first kappa shape index (κ1) is 19.2. The van der Waals surface area contributed by atoms with Crippen LogP contribution >= 0.6 is 0 Å². The second kappa shape index (κ2) is 7.97. The summed E-state index contributed by atoms with van der Waals surface area (Å²) in [6.45, 7) is 0.741. The van der Waals surface area contributed by atoms with E-state index in [4.69, 9.17) is 4.74 Å². The Hall–Kier alpha value is -2.59. The fourth-order valence-corrected chi connectivity index (χ4v) is 4.00. The van der Waals surface area contributed by atoms with Crippen LogP contribution in [0.4, 0.5) is 20.3 Å². The van der Waals surface area contributed by atoms with Crippen molar-refractivity contribution >= 4 is 27.4 Å². The van der Waals surface area contributed by atoms with Gasteiger partial charge < -0.3 is 10.1 Å². The van der Waals surface area contributed by atoms with Crippen LogP contribution in [0.25, 0.3) is 0 Å². The normalized spacial score (nSPS) is 15.3. The second-order valence-electron chi connectivity index (χ2n) is 5.97. The van der Waals surface area contributed by atoms with Gasteiger partial charge in [-0.3, -0.25) is 9.52 Å². The fourth-order valence-electron chi connectivity index (χ4n) is 2.62. The van der Waals surface area contributed by atoms with Crippen molar-refractivity contribution in [3.8, 4) is 0 Å². The van der Waals surface area contributed by atoms with Gasteiger partial charge in [-0.25, -0.2) is 22.2 Å². The van der Waals surface area contributed by atoms with Gasteiger partial charge >= 0.3 is 0 Å². The number of anilines is 2. The number of hydrogen-bond acceptors (Lipinski definition) is 5. The number of carbonyl (C=O) groups is 1. The molecule has 1 saturated heterocycles. The Morgan fingerprint density at radius 3 is 2.56 bits per heavy atom. The number of ether oxygens (including phenoxy) is 1. The highest BCUT2D eigenvalue weighted by molar-refractivity contribution is 7.93. The van der Waals surface area contributed by atoms with Crippen LogP contribution in [0, 0.1) is 11.6 Å². The summed E-state index contributed by atoms with van der Waals surface area (Å²) in [6, 6.07) is 5.61. The Balaban J connectivity index is 1.72. The molecule has 0 aliphatic carbocycles. The fraction of sp³-hybridized carbons (Fsp3) is 0.294. The Labute approximate surface area is 154 Å². The number of hydrogen-bond donors (Lipinski definition) is 2. The first-order valence-electron chi connectivity index (χ1n) is 8.17. The van der Waals surface area contributed by atoms with Crippen molar-refractivity contribution in [2.75, 3.05) is 23.3 Å². The molecule has 1 aromatic carbocycles. The lowest BCUT2D eigenvalue weighted by Gasteiger charge is -2.22. The highest BCUT2D eigenvalue weighted by atomic mass is 32.2. The van der Waals surface area contributed by atoms with Gasteiger partial charge in [0.1, 0.15) is 5.82 Å². The zero-order valence-corrected chi connectivity index (χ0v) is 14.9. The van der Waals surface area contributed by atoms with E-state index >= 15 is 0 Å². The van der Waals surface area contributed by atoms with E-state index in [9.17, 15) is 22.0 Å². The van der Waals surface area contributed by atoms with Crippen molar-refractivity contribution in [1.82, 2.24) is 4.98 Å². The average molecular weight is 397 g/mol. The molecule has 0 unspecified atom stereocenters. The molecule has 1 aliphatic heterocycles. The molecule has 10 heteroatoms. The minimum absolute atomic E-state index is 0.000529. The third-order valence-electron chi connectivity index (χ3n) is 4.05. The average Bonchev–Trinajstić information content (AvgIpc) is 2.65. The van der Waals surface area contributed by atoms with E-state index in [0.29, 0.717) is 26.1 Å². The summed E-state index contributed by atoms with van der Waals surface area (Å²) in [5, 5.41) is 1.82. The van der Waals surface area contributed by atoms with Crippen molar-refractivity contribution in [2.45, 2.75) is 18.1 Å². The predicted octanol–water partition coefficient (Wildman–Crippen LogP) is 2.53. The number of benzene rings is 1. The SMILES string of the molecule is O=C(Nc1ccc(F)c(F)c1)c1ccnc(NS(=O)(=O)C2CCOCC2)c1. The van der Waals surface area contributed by atoms with Crippen LogP contribution < -0.4 is 10.0 Å². The number of nitrogens with zero attached hydrogens (tertiary/aromatic N) is 1. The first-order valence-corrected chi connectivity index (χ1v) is 9.71. The first-order chi connectivity index (χ1) is 12.8. The van der Waals surface area contributed by atoms with Crippen LogP contribution in [0.1, 0.15) is 23.2 Å². The summed E-state index contributed by atoms with van der Waals surface area (Å²) in [7, 11) is -3.66. The van der Waals surface area contributed by atoms with Gasteiger partial charge in [0.15, 0.2) is 11.6 Å². The molecular formula is C17H17F2N3O4S. The van der Waals surface area contributed by atoms with Crippen LogP contribution in [0.5, 0.6) is 0 Å². The van der Waals surface area contributed by atoms with Crippen LogP contribution in [-0.4, -0.2) is 37.8 Å². The summed E-state index contributed by atoms with van der Waals surface area (Å²) in [4.78, 5) is 16.2. The highest BCUT2D eigenvalue weighted by Gasteiger charge is 2.28. The Morgan fingerprint density at radius 2 is 1.85 bits per heavy atom. The lowest BCUT2D eigenvalue weighted by atomic mass is 10.2. The molecule has 2 aromatic rings. The maximum absolute atomic E-state index is 13.2. The molecule has 3 rings (SSSR count).